The van der Waals surface area contributed by atoms with Crippen molar-refractivity contribution in [3.63, 3.8) is 0 Å². The van der Waals surface area contributed by atoms with E-state index in [0.717, 1.165) is 31.4 Å². The van der Waals surface area contributed by atoms with Gasteiger partial charge in [-0.25, -0.2) is 18.3 Å². The van der Waals surface area contributed by atoms with Crippen molar-refractivity contribution in [2.24, 2.45) is 10.9 Å². The van der Waals surface area contributed by atoms with Crippen LogP contribution < -0.4 is 16.6 Å². The Bertz CT molecular complexity index is 1910. The number of aliphatic imine (C=N–C) groups is 1. The predicted molar refractivity (Wildman–Crippen MR) is 162 cm³/mol. The number of hydrogen-bond donors (Lipinski definition) is 2. The second-order valence-corrected chi connectivity index (χ2v) is 10.6. The SMILES string of the molecule is C/N=C/C1CCC(c2cc(-c3ccc(NC(=O)c4cccn(-c5ccc(F)cc5)c4=O)cc3F)c3c(N)ncnn23)CC1. The summed E-state index contributed by atoms with van der Waals surface area (Å²) in [6.07, 6.45) is 8.79. The van der Waals surface area contributed by atoms with Gasteiger partial charge in [-0.1, -0.05) is 0 Å². The fourth-order valence-corrected chi connectivity index (χ4v) is 5.84. The molecular weight excluding hydrogens is 552 g/mol. The molecule has 0 saturated heterocycles. The molecule has 0 spiro atoms. The lowest BCUT2D eigenvalue weighted by Gasteiger charge is -2.26. The van der Waals surface area contributed by atoms with Gasteiger partial charge in [0.25, 0.3) is 11.5 Å². The zero-order valence-electron chi connectivity index (χ0n) is 23.4. The Kier molecular flexibility index (Phi) is 7.54. The summed E-state index contributed by atoms with van der Waals surface area (Å²) < 4.78 is 32.0. The average molecular weight is 582 g/mol. The first-order valence-electron chi connectivity index (χ1n) is 14.0. The Morgan fingerprint density at radius 3 is 2.53 bits per heavy atom. The molecule has 218 valence electrons. The Labute approximate surface area is 245 Å². The summed E-state index contributed by atoms with van der Waals surface area (Å²) in [6, 6.07) is 14.5. The number of amides is 1. The number of nitrogen functional groups attached to an aromatic ring is 1. The summed E-state index contributed by atoms with van der Waals surface area (Å²) in [5.41, 5.74) is 8.42. The Balaban J connectivity index is 1.28. The molecule has 6 rings (SSSR count). The van der Waals surface area contributed by atoms with Gasteiger partial charge >= 0.3 is 0 Å². The molecule has 1 aliphatic rings. The Morgan fingerprint density at radius 2 is 1.81 bits per heavy atom. The molecule has 1 aliphatic carbocycles. The molecule has 3 aromatic heterocycles. The average Bonchev–Trinajstić information content (AvgIpc) is 3.39. The number of nitrogens with zero attached hydrogens (tertiary/aromatic N) is 5. The summed E-state index contributed by atoms with van der Waals surface area (Å²) >= 11 is 0. The van der Waals surface area contributed by atoms with E-state index in [1.54, 1.807) is 23.7 Å². The van der Waals surface area contributed by atoms with Gasteiger partial charge in [0.15, 0.2) is 5.82 Å². The van der Waals surface area contributed by atoms with Crippen molar-refractivity contribution in [1.82, 2.24) is 19.2 Å². The van der Waals surface area contributed by atoms with Gasteiger partial charge in [-0.3, -0.25) is 14.2 Å². The van der Waals surface area contributed by atoms with Gasteiger partial charge in [0.05, 0.1) is 0 Å². The third-order valence-electron chi connectivity index (χ3n) is 7.97. The molecule has 0 unspecified atom stereocenters. The van der Waals surface area contributed by atoms with Gasteiger partial charge in [-0.2, -0.15) is 5.10 Å². The molecule has 11 heteroatoms. The minimum Gasteiger partial charge on any atom is -0.382 e. The minimum absolute atomic E-state index is 0.149. The molecule has 0 radical (unpaired) electrons. The second kappa shape index (κ2) is 11.6. The van der Waals surface area contributed by atoms with Crippen molar-refractivity contribution in [3.05, 3.63) is 106 Å². The first kappa shape index (κ1) is 28.0. The van der Waals surface area contributed by atoms with Crippen LogP contribution in [0.25, 0.3) is 22.3 Å². The van der Waals surface area contributed by atoms with E-state index >= 15 is 4.39 Å². The number of hydrogen-bond acceptors (Lipinski definition) is 6. The zero-order chi connectivity index (χ0) is 30.1. The number of carbonyl (C=O) groups excluding carboxylic acids is 1. The molecule has 0 aliphatic heterocycles. The van der Waals surface area contributed by atoms with E-state index in [-0.39, 0.29) is 28.6 Å². The number of halogens is 2. The standard InChI is InChI=1S/C32H29F2N7O2/c1-36-17-19-4-6-20(7-5-19)28-16-26(29-30(35)37-18-38-41(28)29)24-13-10-22(15-27(24)34)39-31(42)25-3-2-14-40(32(25)43)23-11-8-21(33)9-12-23/h2-3,8-20H,4-7H2,1H3,(H,39,42)(H2,35,37,38)/b36-17+. The molecule has 2 aromatic carbocycles. The number of nitrogens with two attached hydrogens (primary N) is 1. The van der Waals surface area contributed by atoms with E-state index < -0.39 is 23.1 Å². The van der Waals surface area contributed by atoms with E-state index in [9.17, 15) is 14.0 Å². The van der Waals surface area contributed by atoms with Crippen LogP contribution in [0.5, 0.6) is 0 Å². The summed E-state index contributed by atoms with van der Waals surface area (Å²) in [4.78, 5) is 34.4. The third-order valence-corrected chi connectivity index (χ3v) is 7.97. The van der Waals surface area contributed by atoms with Gasteiger partial charge in [-0.15, -0.1) is 0 Å². The number of aromatic nitrogens is 4. The molecule has 0 bridgehead atoms. The van der Waals surface area contributed by atoms with Crippen molar-refractivity contribution < 1.29 is 13.6 Å². The van der Waals surface area contributed by atoms with E-state index in [1.807, 2.05) is 12.3 Å². The van der Waals surface area contributed by atoms with Crippen LogP contribution in [0.1, 0.15) is 47.7 Å². The van der Waals surface area contributed by atoms with Crippen LogP contribution in [0.4, 0.5) is 20.3 Å². The molecule has 43 heavy (non-hydrogen) atoms. The maximum Gasteiger partial charge on any atom is 0.267 e. The topological polar surface area (TPSA) is 120 Å². The Hall–Kier alpha value is -5.19. The van der Waals surface area contributed by atoms with Crippen molar-refractivity contribution in [2.45, 2.75) is 31.6 Å². The van der Waals surface area contributed by atoms with E-state index in [1.165, 1.54) is 59.6 Å². The van der Waals surface area contributed by atoms with Gasteiger partial charge in [-0.05, 0) is 92.3 Å². The predicted octanol–water partition coefficient (Wildman–Crippen LogP) is 5.63. The minimum atomic E-state index is -0.702. The lowest BCUT2D eigenvalue weighted by Crippen LogP contribution is -2.27. The van der Waals surface area contributed by atoms with Gasteiger partial charge < -0.3 is 16.0 Å². The number of fused-ring (bicyclic) bond motifs is 1. The number of pyridine rings is 1. The van der Waals surface area contributed by atoms with Crippen LogP contribution in [-0.2, 0) is 0 Å². The fourth-order valence-electron chi connectivity index (χ4n) is 5.84. The normalized spacial score (nSPS) is 17.0. The fraction of sp³-hybridized carbons (Fsp3) is 0.219. The molecule has 1 saturated carbocycles. The number of benzene rings is 2. The molecule has 1 amide bonds. The summed E-state index contributed by atoms with van der Waals surface area (Å²) in [5, 5.41) is 7.06. The summed E-state index contributed by atoms with van der Waals surface area (Å²) in [5.74, 6) is -0.814. The van der Waals surface area contributed by atoms with Gasteiger partial charge in [0.2, 0.25) is 0 Å². The molecular formula is C32H29F2N7O2. The monoisotopic (exact) mass is 581 g/mol. The van der Waals surface area contributed by atoms with E-state index in [4.69, 9.17) is 5.73 Å². The molecule has 0 atom stereocenters. The van der Waals surface area contributed by atoms with Crippen LogP contribution in [-0.4, -0.2) is 38.3 Å². The van der Waals surface area contributed by atoms with Gasteiger partial charge in [0, 0.05) is 53.6 Å². The van der Waals surface area contributed by atoms with Gasteiger partial charge in [0.1, 0.15) is 29.0 Å². The smallest absolute Gasteiger partial charge is 0.267 e. The summed E-state index contributed by atoms with van der Waals surface area (Å²) in [7, 11) is 1.79. The van der Waals surface area contributed by atoms with Crippen molar-refractivity contribution in [3.8, 4) is 16.8 Å². The number of anilines is 2. The van der Waals surface area contributed by atoms with Crippen LogP contribution in [0, 0.1) is 17.6 Å². The van der Waals surface area contributed by atoms with Crippen LogP contribution in [0.15, 0.2) is 83.0 Å². The van der Waals surface area contributed by atoms with E-state index in [2.05, 4.69) is 20.4 Å². The largest absolute Gasteiger partial charge is 0.382 e. The Morgan fingerprint density at radius 1 is 1.05 bits per heavy atom. The van der Waals surface area contributed by atoms with E-state index in [0.29, 0.717) is 22.7 Å². The van der Waals surface area contributed by atoms with Crippen molar-refractivity contribution in [1.29, 1.82) is 0 Å². The number of carbonyl (C=O) groups is 1. The van der Waals surface area contributed by atoms with Crippen molar-refractivity contribution in [2.75, 3.05) is 18.1 Å². The molecule has 5 aromatic rings. The molecule has 3 N–H and O–H groups in total. The highest BCUT2D eigenvalue weighted by atomic mass is 19.1. The first-order valence-corrected chi connectivity index (χ1v) is 14.0. The lowest BCUT2D eigenvalue weighted by molar-refractivity contribution is 0.102. The van der Waals surface area contributed by atoms with Crippen LogP contribution in [0.2, 0.25) is 0 Å². The molecule has 1 fully saturated rings. The maximum atomic E-state index is 15.7. The second-order valence-electron chi connectivity index (χ2n) is 10.6. The summed E-state index contributed by atoms with van der Waals surface area (Å²) in [6.45, 7) is 0. The van der Waals surface area contributed by atoms with Crippen molar-refractivity contribution >= 4 is 29.1 Å². The highest BCUT2D eigenvalue weighted by Crippen LogP contribution is 2.40. The number of rotatable bonds is 6. The first-order chi connectivity index (χ1) is 20.8. The quantitative estimate of drug-likeness (QED) is 0.252. The maximum absolute atomic E-state index is 15.7. The van der Waals surface area contributed by atoms with Crippen LogP contribution >= 0.6 is 0 Å². The zero-order valence-corrected chi connectivity index (χ0v) is 23.4. The highest BCUT2D eigenvalue weighted by molar-refractivity contribution is 6.04. The lowest BCUT2D eigenvalue weighted by atomic mass is 9.81. The highest BCUT2D eigenvalue weighted by Gasteiger charge is 2.27. The molecule has 9 nitrogen and oxygen atoms in total. The van der Waals surface area contributed by atoms with Crippen LogP contribution in [0.3, 0.4) is 0 Å². The molecule has 3 heterocycles. The number of nitrogens with one attached hydrogen (secondary N) is 1. The third kappa shape index (κ3) is 5.41.